The number of carbonyl (C=O) groups excluding carboxylic acids is 3. The summed E-state index contributed by atoms with van der Waals surface area (Å²) in [6, 6.07) is 7.39. The zero-order valence-corrected chi connectivity index (χ0v) is 20.6. The van der Waals surface area contributed by atoms with Crippen molar-refractivity contribution in [1.29, 1.82) is 0 Å². The van der Waals surface area contributed by atoms with Crippen LogP contribution in [0.2, 0.25) is 0 Å². The van der Waals surface area contributed by atoms with Gasteiger partial charge in [0.15, 0.2) is 0 Å². The molecule has 0 aromatic heterocycles. The number of rotatable bonds is 8. The summed E-state index contributed by atoms with van der Waals surface area (Å²) >= 11 is 0. The first-order chi connectivity index (χ1) is 17.0. The SMILES string of the molecule is COc1ccccc1N1CCN(CCCN2C(=O)NC(=O)C(C)(C)C2=O)CC1.O=C(O)C=CC(=O)O. The fourth-order valence-corrected chi connectivity index (χ4v) is 3.75. The number of methoxy groups -OCH3 is 1. The normalized spacial score (nSPS) is 17.9. The average molecular weight is 505 g/mol. The van der Waals surface area contributed by atoms with Crippen molar-refractivity contribution in [2.75, 3.05) is 51.3 Å². The van der Waals surface area contributed by atoms with Gasteiger partial charge in [0, 0.05) is 44.9 Å². The van der Waals surface area contributed by atoms with Crippen molar-refractivity contribution in [3.05, 3.63) is 36.4 Å². The summed E-state index contributed by atoms with van der Waals surface area (Å²) in [4.78, 5) is 61.1. The number of nitrogens with zero attached hydrogens (tertiary/aromatic N) is 3. The van der Waals surface area contributed by atoms with Gasteiger partial charge in [0.05, 0.1) is 12.8 Å². The number of piperazine rings is 1. The molecule has 0 spiro atoms. The Bertz CT molecular complexity index is 999. The van der Waals surface area contributed by atoms with Crippen LogP contribution in [0.25, 0.3) is 0 Å². The maximum absolute atomic E-state index is 12.4. The molecule has 2 aliphatic rings. The summed E-state index contributed by atoms with van der Waals surface area (Å²) in [5, 5.41) is 17.9. The maximum atomic E-state index is 12.4. The molecule has 0 saturated carbocycles. The topological polar surface area (TPSA) is 157 Å². The molecule has 0 unspecified atom stereocenters. The first-order valence-electron chi connectivity index (χ1n) is 11.4. The van der Waals surface area contributed by atoms with Gasteiger partial charge in [0.25, 0.3) is 0 Å². The molecule has 2 aliphatic heterocycles. The van der Waals surface area contributed by atoms with Crippen LogP contribution in [0, 0.1) is 5.41 Å². The predicted molar refractivity (Wildman–Crippen MR) is 130 cm³/mol. The lowest BCUT2D eigenvalue weighted by molar-refractivity contribution is -0.149. The minimum Gasteiger partial charge on any atom is -0.495 e. The fourth-order valence-electron chi connectivity index (χ4n) is 3.75. The highest BCUT2D eigenvalue weighted by Gasteiger charge is 2.46. The number of para-hydroxylation sites is 2. The molecule has 3 N–H and O–H groups in total. The number of benzene rings is 1. The maximum Gasteiger partial charge on any atom is 0.330 e. The van der Waals surface area contributed by atoms with E-state index in [1.165, 1.54) is 0 Å². The first-order valence-corrected chi connectivity index (χ1v) is 11.4. The second kappa shape index (κ2) is 12.7. The molecule has 2 saturated heterocycles. The number of hydrogen-bond donors (Lipinski definition) is 3. The Hall–Kier alpha value is -3.93. The number of hydrogen-bond acceptors (Lipinski definition) is 8. The van der Waals surface area contributed by atoms with Gasteiger partial charge in [-0.25, -0.2) is 14.4 Å². The summed E-state index contributed by atoms with van der Waals surface area (Å²) in [6.07, 6.45) is 1.79. The molecule has 0 atom stereocenters. The van der Waals surface area contributed by atoms with Crippen LogP contribution in [0.1, 0.15) is 20.3 Å². The van der Waals surface area contributed by atoms with Crippen molar-refractivity contribution in [3.8, 4) is 5.75 Å². The quantitative estimate of drug-likeness (QED) is 0.345. The van der Waals surface area contributed by atoms with E-state index in [-0.39, 0.29) is 0 Å². The number of aliphatic carboxylic acids is 2. The molecule has 0 bridgehead atoms. The molecule has 0 radical (unpaired) electrons. The lowest BCUT2D eigenvalue weighted by Crippen LogP contribution is -2.62. The van der Waals surface area contributed by atoms with Gasteiger partial charge in [0.1, 0.15) is 11.2 Å². The fraction of sp³-hybridized carbons (Fsp3) is 0.458. The number of ether oxygens (including phenoxy) is 1. The third kappa shape index (κ3) is 7.54. The zero-order valence-electron chi connectivity index (χ0n) is 20.6. The minimum atomic E-state index is -1.26. The monoisotopic (exact) mass is 504 g/mol. The molecular formula is C24H32N4O8. The number of anilines is 1. The summed E-state index contributed by atoms with van der Waals surface area (Å²) in [6.45, 7) is 7.79. The smallest absolute Gasteiger partial charge is 0.330 e. The van der Waals surface area contributed by atoms with E-state index < -0.39 is 35.2 Å². The molecule has 0 aliphatic carbocycles. The number of nitrogens with one attached hydrogen (secondary N) is 1. The van der Waals surface area contributed by atoms with E-state index in [1.807, 2.05) is 18.2 Å². The van der Waals surface area contributed by atoms with Crippen molar-refractivity contribution in [2.45, 2.75) is 20.3 Å². The molecule has 3 rings (SSSR count). The zero-order chi connectivity index (χ0) is 26.9. The number of barbiturate groups is 1. The van der Waals surface area contributed by atoms with Gasteiger partial charge in [-0.1, -0.05) is 12.1 Å². The van der Waals surface area contributed by atoms with Crippen LogP contribution in [0.3, 0.4) is 0 Å². The number of carbonyl (C=O) groups is 5. The molecule has 12 heteroatoms. The van der Waals surface area contributed by atoms with Crippen molar-refractivity contribution in [1.82, 2.24) is 15.1 Å². The van der Waals surface area contributed by atoms with Crippen molar-refractivity contribution >= 4 is 35.5 Å². The Labute approximate surface area is 209 Å². The number of amides is 4. The molecule has 196 valence electrons. The standard InChI is InChI=1S/C20H28N4O4.C4H4O4/c1-20(2)17(25)21-19(27)24(18(20)26)10-6-9-22-11-13-23(14-12-22)15-7-4-5-8-16(15)28-3;5-3(6)1-2-4(7)8/h4-5,7-8H,6,9-14H2,1-3H3,(H,21,25,27);1-2H,(H,5,6)(H,7,8). The average Bonchev–Trinajstić information content (AvgIpc) is 2.84. The molecule has 36 heavy (non-hydrogen) atoms. The van der Waals surface area contributed by atoms with Gasteiger partial charge < -0.3 is 19.8 Å². The summed E-state index contributed by atoms with van der Waals surface area (Å²) < 4.78 is 5.45. The lowest BCUT2D eigenvalue weighted by Gasteiger charge is -2.37. The van der Waals surface area contributed by atoms with Crippen LogP contribution in [0.4, 0.5) is 10.5 Å². The van der Waals surface area contributed by atoms with E-state index >= 15 is 0 Å². The number of carboxylic acids is 2. The van der Waals surface area contributed by atoms with Crippen molar-refractivity contribution in [2.24, 2.45) is 5.41 Å². The van der Waals surface area contributed by atoms with Gasteiger partial charge in [0.2, 0.25) is 11.8 Å². The highest BCUT2D eigenvalue weighted by atomic mass is 16.5. The van der Waals surface area contributed by atoms with Crippen LogP contribution >= 0.6 is 0 Å². The molecule has 4 amide bonds. The first kappa shape index (κ1) is 28.3. The van der Waals surface area contributed by atoms with Gasteiger partial charge in [-0.05, 0) is 38.9 Å². The third-order valence-electron chi connectivity index (χ3n) is 5.84. The highest BCUT2D eigenvalue weighted by molar-refractivity contribution is 6.18. The Kier molecular flexibility index (Phi) is 9.97. The van der Waals surface area contributed by atoms with Gasteiger partial charge in [-0.2, -0.15) is 0 Å². The number of urea groups is 1. The van der Waals surface area contributed by atoms with Crippen LogP contribution < -0.4 is 15.0 Å². The molecule has 2 heterocycles. The summed E-state index contributed by atoms with van der Waals surface area (Å²) in [5.74, 6) is -2.60. The lowest BCUT2D eigenvalue weighted by atomic mass is 9.89. The minimum absolute atomic E-state index is 0.314. The van der Waals surface area contributed by atoms with E-state index in [1.54, 1.807) is 21.0 Å². The van der Waals surface area contributed by atoms with Gasteiger partial charge >= 0.3 is 18.0 Å². The molecule has 1 aromatic carbocycles. The number of carboxylic acid groups (broad SMARTS) is 2. The molecular weight excluding hydrogens is 472 g/mol. The molecule has 12 nitrogen and oxygen atoms in total. The molecule has 1 aromatic rings. The van der Waals surface area contributed by atoms with Gasteiger partial charge in [-0.15, -0.1) is 0 Å². The van der Waals surface area contributed by atoms with Crippen molar-refractivity contribution in [3.63, 3.8) is 0 Å². The van der Waals surface area contributed by atoms with E-state index in [0.29, 0.717) is 25.1 Å². The highest BCUT2D eigenvalue weighted by Crippen LogP contribution is 2.28. The van der Waals surface area contributed by atoms with Crippen molar-refractivity contribution < 1.29 is 38.9 Å². The Morgan fingerprint density at radius 3 is 2.14 bits per heavy atom. The van der Waals surface area contributed by atoms with Crippen LogP contribution in [-0.4, -0.2) is 96.2 Å². The molecule has 2 fully saturated rings. The predicted octanol–water partition coefficient (Wildman–Crippen LogP) is 1.02. The van der Waals surface area contributed by atoms with E-state index in [4.69, 9.17) is 14.9 Å². The van der Waals surface area contributed by atoms with Gasteiger partial charge in [-0.3, -0.25) is 24.7 Å². The van der Waals surface area contributed by atoms with Crippen LogP contribution in [-0.2, 0) is 19.2 Å². The largest absolute Gasteiger partial charge is 0.495 e. The second-order valence-electron chi connectivity index (χ2n) is 8.70. The van der Waals surface area contributed by atoms with Crippen LogP contribution in [0.5, 0.6) is 5.75 Å². The van der Waals surface area contributed by atoms with Crippen LogP contribution in [0.15, 0.2) is 36.4 Å². The van der Waals surface area contributed by atoms with E-state index in [9.17, 15) is 24.0 Å². The summed E-state index contributed by atoms with van der Waals surface area (Å²) in [5.41, 5.74) is -0.0963. The Balaban J connectivity index is 0.000000493. The Morgan fingerprint density at radius 1 is 1.00 bits per heavy atom. The van der Waals surface area contributed by atoms with E-state index in [2.05, 4.69) is 21.2 Å². The second-order valence-corrected chi connectivity index (χ2v) is 8.70. The summed E-state index contributed by atoms with van der Waals surface area (Å²) in [7, 11) is 1.68. The third-order valence-corrected chi connectivity index (χ3v) is 5.84. The van der Waals surface area contributed by atoms with E-state index in [0.717, 1.165) is 49.1 Å². The Morgan fingerprint density at radius 2 is 1.58 bits per heavy atom. The number of imide groups is 2.